The Morgan fingerprint density at radius 3 is 2.78 bits per heavy atom. The number of carbonyl (C=O) groups excluding carboxylic acids is 1. The maximum absolute atomic E-state index is 12.5. The van der Waals surface area contributed by atoms with Crippen LogP contribution in [0.15, 0.2) is 54.2 Å². The number of anilines is 2. The lowest BCUT2D eigenvalue weighted by molar-refractivity contribution is 0.0408. The Morgan fingerprint density at radius 2 is 1.95 bits per heavy atom. The van der Waals surface area contributed by atoms with Gasteiger partial charge in [-0.15, -0.1) is 11.3 Å². The molecule has 1 fully saturated rings. The van der Waals surface area contributed by atoms with Gasteiger partial charge in [-0.25, -0.2) is 29.7 Å². The molecule has 0 radical (unpaired) electrons. The highest BCUT2D eigenvalue weighted by molar-refractivity contribution is 7.12. The van der Waals surface area contributed by atoms with Gasteiger partial charge in [-0.2, -0.15) is 0 Å². The van der Waals surface area contributed by atoms with E-state index >= 15 is 0 Å². The summed E-state index contributed by atoms with van der Waals surface area (Å²) in [6.07, 6.45) is 8.03. The molecule has 37 heavy (non-hydrogen) atoms. The number of hydrogen-bond donors (Lipinski definition) is 2. The number of carbonyl (C=O) groups is 1. The smallest absolute Gasteiger partial charge is 0.348 e. The molecule has 0 aromatic carbocycles. The van der Waals surface area contributed by atoms with E-state index in [0.717, 1.165) is 36.9 Å². The summed E-state index contributed by atoms with van der Waals surface area (Å²) in [6, 6.07) is 11.4. The molecule has 5 rings (SSSR count). The summed E-state index contributed by atoms with van der Waals surface area (Å²) in [5, 5.41) is 5.17. The van der Waals surface area contributed by atoms with Crippen molar-refractivity contribution in [3.05, 3.63) is 76.1 Å². The van der Waals surface area contributed by atoms with Crippen molar-refractivity contribution in [3.63, 3.8) is 0 Å². The molecule has 2 atom stereocenters. The predicted molar refractivity (Wildman–Crippen MR) is 143 cm³/mol. The molecule has 0 bridgehead atoms. The molecule has 3 N–H and O–H groups in total. The summed E-state index contributed by atoms with van der Waals surface area (Å²) >= 11 is 1.38. The summed E-state index contributed by atoms with van der Waals surface area (Å²) in [7, 11) is 0. The lowest BCUT2D eigenvalue weighted by Crippen LogP contribution is -2.30. The topological polar surface area (TPSA) is 129 Å². The van der Waals surface area contributed by atoms with Gasteiger partial charge in [0, 0.05) is 30.6 Å². The van der Waals surface area contributed by atoms with Gasteiger partial charge in [-0.1, -0.05) is 12.5 Å². The number of nitrogens with zero attached hydrogens (tertiary/aromatic N) is 5. The highest BCUT2D eigenvalue weighted by Crippen LogP contribution is 2.25. The second-order valence-electron chi connectivity index (χ2n) is 9.30. The number of esters is 1. The fourth-order valence-electron chi connectivity index (χ4n) is 4.41. The molecule has 9 nitrogen and oxygen atoms in total. The minimum Gasteiger partial charge on any atom is -0.461 e. The van der Waals surface area contributed by atoms with Crippen LogP contribution in [0.1, 0.15) is 52.4 Å². The fraction of sp³-hybridized carbons (Fsp3) is 0.333. The SMILES string of the molecule is Cc1cccc(-c2nccc(Nc3ccnc(Cc4csc(C(=O)OC[C@@H]5CCC[C@@H](N)C5)c4)n3)n2)n1. The largest absolute Gasteiger partial charge is 0.461 e. The number of nitrogens with one attached hydrogen (secondary N) is 1. The monoisotopic (exact) mass is 515 g/mol. The highest BCUT2D eigenvalue weighted by atomic mass is 32.1. The van der Waals surface area contributed by atoms with Gasteiger partial charge >= 0.3 is 5.97 Å². The van der Waals surface area contributed by atoms with Crippen molar-refractivity contribution in [1.82, 2.24) is 24.9 Å². The summed E-state index contributed by atoms with van der Waals surface area (Å²) in [4.78, 5) is 35.5. The van der Waals surface area contributed by atoms with E-state index in [1.165, 1.54) is 11.3 Å². The molecular formula is C27H29N7O2S. The van der Waals surface area contributed by atoms with Gasteiger partial charge in [0.1, 0.15) is 28.0 Å². The highest BCUT2D eigenvalue weighted by Gasteiger charge is 2.21. The van der Waals surface area contributed by atoms with E-state index in [2.05, 4.69) is 30.2 Å². The summed E-state index contributed by atoms with van der Waals surface area (Å²) in [6.45, 7) is 2.36. The Hall–Kier alpha value is -3.76. The lowest BCUT2D eigenvalue weighted by atomic mass is 9.87. The van der Waals surface area contributed by atoms with Crippen LogP contribution in [0.25, 0.3) is 11.5 Å². The normalized spacial score (nSPS) is 17.4. The van der Waals surface area contributed by atoms with Gasteiger partial charge in [0.2, 0.25) is 0 Å². The van der Waals surface area contributed by atoms with Crippen molar-refractivity contribution in [2.24, 2.45) is 11.7 Å². The lowest BCUT2D eigenvalue weighted by Gasteiger charge is -2.25. The molecule has 4 aromatic rings. The minimum atomic E-state index is -0.283. The summed E-state index contributed by atoms with van der Waals surface area (Å²) < 4.78 is 5.57. The quantitative estimate of drug-likeness (QED) is 0.321. The van der Waals surface area contributed by atoms with Crippen LogP contribution in [-0.4, -0.2) is 43.5 Å². The molecular weight excluding hydrogens is 486 g/mol. The fourth-order valence-corrected chi connectivity index (χ4v) is 5.22. The van der Waals surface area contributed by atoms with Gasteiger partial charge in [-0.3, -0.25) is 0 Å². The maximum atomic E-state index is 12.5. The van der Waals surface area contributed by atoms with Gasteiger partial charge in [0.05, 0.1) is 6.61 Å². The Kier molecular flexibility index (Phi) is 7.76. The standard InChI is InChI=1S/C27H29N7O2S/c1-17-4-2-7-21(31-17)26-30-11-9-24(34-26)32-23-8-10-29-25(33-23)14-19-13-22(37-16-19)27(35)36-15-18-5-3-6-20(28)12-18/h2,4,7-11,13,16,18,20H,3,5-6,12,14-15,28H2,1H3,(H,29,30,32,33,34)/t18-,20-/m1/s1. The van der Waals surface area contributed by atoms with Crippen LogP contribution in [-0.2, 0) is 11.2 Å². The van der Waals surface area contributed by atoms with Crippen molar-refractivity contribution < 1.29 is 9.53 Å². The van der Waals surface area contributed by atoms with Crippen molar-refractivity contribution >= 4 is 28.9 Å². The number of ether oxygens (including phenoxy) is 1. The van der Waals surface area contributed by atoms with Crippen molar-refractivity contribution in [2.75, 3.05) is 11.9 Å². The van der Waals surface area contributed by atoms with Crippen LogP contribution < -0.4 is 11.1 Å². The molecule has 1 aliphatic rings. The number of nitrogens with two attached hydrogens (primary N) is 1. The van der Waals surface area contributed by atoms with Crippen LogP contribution in [0.5, 0.6) is 0 Å². The zero-order chi connectivity index (χ0) is 25.6. The van der Waals surface area contributed by atoms with E-state index in [9.17, 15) is 4.79 Å². The number of hydrogen-bond acceptors (Lipinski definition) is 10. The van der Waals surface area contributed by atoms with E-state index in [1.807, 2.05) is 36.6 Å². The first kappa shape index (κ1) is 24.9. The predicted octanol–water partition coefficient (Wildman–Crippen LogP) is 4.71. The van der Waals surface area contributed by atoms with Gasteiger partial charge in [-0.05, 0) is 73.4 Å². The zero-order valence-corrected chi connectivity index (χ0v) is 21.4. The molecule has 190 valence electrons. The molecule has 0 unspecified atom stereocenters. The van der Waals surface area contributed by atoms with Crippen LogP contribution in [0.3, 0.4) is 0 Å². The van der Waals surface area contributed by atoms with Crippen molar-refractivity contribution in [3.8, 4) is 11.5 Å². The van der Waals surface area contributed by atoms with Crippen LogP contribution in [0, 0.1) is 12.8 Å². The molecule has 4 aromatic heterocycles. The molecule has 10 heteroatoms. The molecule has 1 aliphatic carbocycles. The third kappa shape index (κ3) is 6.72. The van der Waals surface area contributed by atoms with E-state index in [4.69, 9.17) is 10.5 Å². The van der Waals surface area contributed by atoms with Gasteiger partial charge in [0.15, 0.2) is 5.82 Å². The molecule has 0 saturated heterocycles. The van der Waals surface area contributed by atoms with E-state index in [1.54, 1.807) is 24.5 Å². The summed E-state index contributed by atoms with van der Waals surface area (Å²) in [5.74, 6) is 2.47. The van der Waals surface area contributed by atoms with Crippen LogP contribution in [0.2, 0.25) is 0 Å². The molecule has 0 aliphatic heterocycles. The zero-order valence-electron chi connectivity index (χ0n) is 20.6. The third-order valence-electron chi connectivity index (χ3n) is 6.23. The first-order chi connectivity index (χ1) is 18.0. The Morgan fingerprint density at radius 1 is 1.11 bits per heavy atom. The number of thiophene rings is 1. The average molecular weight is 516 g/mol. The number of pyridine rings is 1. The van der Waals surface area contributed by atoms with E-state index in [0.29, 0.717) is 52.8 Å². The Labute approximate surface area is 219 Å². The van der Waals surface area contributed by atoms with Crippen LogP contribution in [0.4, 0.5) is 11.6 Å². The average Bonchev–Trinajstić information content (AvgIpc) is 3.36. The van der Waals surface area contributed by atoms with Crippen LogP contribution >= 0.6 is 11.3 Å². The van der Waals surface area contributed by atoms with Crippen molar-refractivity contribution in [1.29, 1.82) is 0 Å². The number of aryl methyl sites for hydroxylation is 1. The van der Waals surface area contributed by atoms with Gasteiger partial charge in [0.25, 0.3) is 0 Å². The molecule has 4 heterocycles. The Balaban J connectivity index is 1.20. The number of aromatic nitrogens is 5. The third-order valence-corrected chi connectivity index (χ3v) is 7.18. The first-order valence-corrected chi connectivity index (χ1v) is 13.3. The van der Waals surface area contributed by atoms with Gasteiger partial charge < -0.3 is 15.8 Å². The molecule has 1 saturated carbocycles. The second kappa shape index (κ2) is 11.5. The van der Waals surface area contributed by atoms with E-state index in [-0.39, 0.29) is 12.0 Å². The second-order valence-corrected chi connectivity index (χ2v) is 10.2. The maximum Gasteiger partial charge on any atom is 0.348 e. The Bertz CT molecular complexity index is 1380. The number of rotatable bonds is 8. The molecule has 0 spiro atoms. The first-order valence-electron chi connectivity index (χ1n) is 12.4. The van der Waals surface area contributed by atoms with E-state index < -0.39 is 0 Å². The summed E-state index contributed by atoms with van der Waals surface area (Å²) in [5.41, 5.74) is 8.62. The van der Waals surface area contributed by atoms with Crippen molar-refractivity contribution in [2.45, 2.75) is 45.1 Å². The molecule has 0 amide bonds. The minimum absolute atomic E-state index is 0.220.